The summed E-state index contributed by atoms with van der Waals surface area (Å²) in [5, 5.41) is 4.51. The van der Waals surface area contributed by atoms with Crippen molar-refractivity contribution >= 4 is 57.0 Å². The van der Waals surface area contributed by atoms with Crippen LogP contribution in [0.15, 0.2) is 48.5 Å². The molecule has 1 N–H and O–H groups in total. The topological polar surface area (TPSA) is 68.3 Å². The Kier molecular flexibility index (Phi) is 6.79. The number of esters is 1. The Morgan fingerprint density at radius 3 is 2.51 bits per heavy atom. The van der Waals surface area contributed by atoms with E-state index in [0.717, 1.165) is 65.0 Å². The van der Waals surface area contributed by atoms with Gasteiger partial charge >= 0.3 is 5.97 Å². The summed E-state index contributed by atoms with van der Waals surface area (Å²) < 4.78 is 6.43. The maximum Gasteiger partial charge on any atom is 0.312 e. The summed E-state index contributed by atoms with van der Waals surface area (Å²) in [5.41, 5.74) is 1.94. The highest BCUT2D eigenvalue weighted by atomic mass is 127. The van der Waals surface area contributed by atoms with E-state index < -0.39 is 5.41 Å². The molecule has 35 heavy (non-hydrogen) atoms. The van der Waals surface area contributed by atoms with Gasteiger partial charge in [-0.2, -0.15) is 0 Å². The Bertz CT molecular complexity index is 1290. The molecule has 0 atom stereocenters. The van der Waals surface area contributed by atoms with E-state index >= 15 is 0 Å². The fraction of sp³-hybridized carbons (Fsp3) is 0.393. The second kappa shape index (κ2) is 9.69. The highest BCUT2D eigenvalue weighted by Gasteiger charge is 2.51. The first kappa shape index (κ1) is 24.5. The lowest BCUT2D eigenvalue weighted by Crippen LogP contribution is -2.51. The van der Waals surface area contributed by atoms with Gasteiger partial charge in [-0.05, 0) is 92.7 Å². The third-order valence-electron chi connectivity index (χ3n) is 7.72. The molecule has 3 saturated carbocycles. The maximum absolute atomic E-state index is 13.9. The number of rotatable bonds is 5. The number of carbonyl (C=O) groups is 2. The molecule has 3 fully saturated rings. The predicted octanol–water partition coefficient (Wildman–Crippen LogP) is 6.94. The molecular weight excluding hydrogens is 575 g/mol. The number of ether oxygens (including phenoxy) is 1. The summed E-state index contributed by atoms with van der Waals surface area (Å²) in [4.78, 5) is 31.5. The summed E-state index contributed by atoms with van der Waals surface area (Å²) in [5.74, 6) is -0.251. The predicted molar refractivity (Wildman–Crippen MR) is 146 cm³/mol. The number of hydrogen-bond donors (Lipinski definition) is 1. The van der Waals surface area contributed by atoms with Gasteiger partial charge in [0.25, 0.3) is 5.91 Å². The van der Waals surface area contributed by atoms with Crippen molar-refractivity contribution in [3.05, 3.63) is 62.7 Å². The molecule has 1 amide bonds. The molecule has 182 valence electrons. The Morgan fingerprint density at radius 2 is 1.80 bits per heavy atom. The average Bonchev–Trinajstić information content (AvgIpc) is 3.15. The quantitative estimate of drug-likeness (QED) is 0.254. The standard InChI is InChI=1S/C28H28ClIN2O3/c1-2-35-26(34)27-11-6-12-28(15-13-27,16-14-27)32-25(33)22-20-17-19(30)9-10-21(20)31-24(23(22)29)18-7-4-3-5-8-18/h3-5,7-10,17H,2,6,11-16H2,1H3,(H,32,33). The first-order valence-electron chi connectivity index (χ1n) is 12.2. The molecule has 2 bridgehead atoms. The van der Waals surface area contributed by atoms with Crippen LogP contribution in [0.3, 0.4) is 0 Å². The fourth-order valence-electron chi connectivity index (χ4n) is 5.77. The molecule has 0 unspecified atom stereocenters. The van der Waals surface area contributed by atoms with Crippen LogP contribution in [0.1, 0.15) is 62.2 Å². The van der Waals surface area contributed by atoms with Crippen LogP contribution in [0.2, 0.25) is 5.02 Å². The highest BCUT2D eigenvalue weighted by Crippen LogP contribution is 2.51. The number of nitrogens with one attached hydrogen (secondary N) is 1. The number of carbonyl (C=O) groups excluding carboxylic acids is 2. The van der Waals surface area contributed by atoms with Gasteiger partial charge in [-0.3, -0.25) is 9.59 Å². The molecule has 3 aromatic rings. The van der Waals surface area contributed by atoms with Gasteiger partial charge in [0.1, 0.15) is 0 Å². The van der Waals surface area contributed by atoms with Gasteiger partial charge in [-0.25, -0.2) is 4.98 Å². The molecule has 0 radical (unpaired) electrons. The number of fused-ring (bicyclic) bond motifs is 5. The molecular formula is C28H28ClIN2O3. The summed E-state index contributed by atoms with van der Waals surface area (Å²) in [6.45, 7) is 2.25. The molecule has 5 nitrogen and oxygen atoms in total. The van der Waals surface area contributed by atoms with E-state index in [2.05, 4.69) is 27.9 Å². The summed E-state index contributed by atoms with van der Waals surface area (Å²) in [7, 11) is 0. The van der Waals surface area contributed by atoms with Crippen molar-refractivity contribution in [1.82, 2.24) is 10.3 Å². The van der Waals surface area contributed by atoms with Crippen molar-refractivity contribution in [3.63, 3.8) is 0 Å². The Hall–Kier alpha value is -2.19. The zero-order chi connectivity index (χ0) is 24.6. The minimum absolute atomic E-state index is 0.0768. The van der Waals surface area contributed by atoms with E-state index in [1.54, 1.807) is 0 Å². The van der Waals surface area contributed by atoms with Gasteiger partial charge in [0.2, 0.25) is 0 Å². The van der Waals surface area contributed by atoms with Crippen molar-refractivity contribution in [1.29, 1.82) is 0 Å². The zero-order valence-corrected chi connectivity index (χ0v) is 22.6. The van der Waals surface area contributed by atoms with Crippen LogP contribution in [-0.4, -0.2) is 29.0 Å². The number of benzene rings is 2. The van der Waals surface area contributed by atoms with Crippen LogP contribution in [0, 0.1) is 8.99 Å². The molecule has 0 saturated heterocycles. The fourth-order valence-corrected chi connectivity index (χ4v) is 6.61. The molecule has 0 spiro atoms. The summed E-state index contributed by atoms with van der Waals surface area (Å²) >= 11 is 9.17. The van der Waals surface area contributed by atoms with Crippen LogP contribution in [-0.2, 0) is 9.53 Å². The molecule has 1 heterocycles. The van der Waals surface area contributed by atoms with Crippen molar-refractivity contribution < 1.29 is 14.3 Å². The molecule has 6 rings (SSSR count). The zero-order valence-electron chi connectivity index (χ0n) is 19.7. The monoisotopic (exact) mass is 602 g/mol. The van der Waals surface area contributed by atoms with Crippen molar-refractivity contribution in [2.45, 2.75) is 57.4 Å². The third-order valence-corrected chi connectivity index (χ3v) is 8.76. The molecule has 1 aromatic heterocycles. The molecule has 3 aliphatic carbocycles. The van der Waals surface area contributed by atoms with Crippen molar-refractivity contribution in [3.8, 4) is 11.3 Å². The summed E-state index contributed by atoms with van der Waals surface area (Å²) in [6.07, 6.45) is 5.57. The molecule has 3 aliphatic rings. The minimum atomic E-state index is -0.404. The van der Waals surface area contributed by atoms with Crippen LogP contribution in [0.25, 0.3) is 22.2 Å². The van der Waals surface area contributed by atoms with Gasteiger partial charge in [-0.15, -0.1) is 0 Å². The van der Waals surface area contributed by atoms with Gasteiger partial charge in [-0.1, -0.05) is 41.9 Å². The Labute approximate surface area is 224 Å². The molecule has 0 aliphatic heterocycles. The van der Waals surface area contributed by atoms with Crippen molar-refractivity contribution in [2.24, 2.45) is 5.41 Å². The van der Waals surface area contributed by atoms with Crippen molar-refractivity contribution in [2.75, 3.05) is 6.61 Å². The Morgan fingerprint density at radius 1 is 1.06 bits per heavy atom. The van der Waals surface area contributed by atoms with Crippen LogP contribution < -0.4 is 5.32 Å². The van der Waals surface area contributed by atoms with Crippen LogP contribution >= 0.6 is 34.2 Å². The van der Waals surface area contributed by atoms with Gasteiger partial charge < -0.3 is 10.1 Å². The molecule has 2 aromatic carbocycles. The second-order valence-corrected chi connectivity index (χ2v) is 11.4. The lowest BCUT2D eigenvalue weighted by molar-refractivity contribution is -0.158. The lowest BCUT2D eigenvalue weighted by atomic mass is 9.68. The first-order valence-corrected chi connectivity index (χ1v) is 13.7. The van der Waals surface area contributed by atoms with E-state index in [1.165, 1.54) is 0 Å². The smallest absolute Gasteiger partial charge is 0.312 e. The lowest BCUT2D eigenvalue weighted by Gasteiger charge is -2.42. The normalized spacial score (nSPS) is 23.6. The van der Waals surface area contributed by atoms with Gasteiger partial charge in [0, 0.05) is 20.1 Å². The average molecular weight is 603 g/mol. The number of amides is 1. The number of pyridine rings is 1. The maximum atomic E-state index is 13.9. The number of nitrogens with zero attached hydrogens (tertiary/aromatic N) is 1. The molecule has 7 heteroatoms. The third kappa shape index (κ3) is 4.55. The highest BCUT2D eigenvalue weighted by molar-refractivity contribution is 14.1. The van der Waals surface area contributed by atoms with Crippen LogP contribution in [0.5, 0.6) is 0 Å². The SMILES string of the molecule is CCOC(=O)C12CCCC(NC(=O)c3c(Cl)c(-c4ccccc4)nc4ccc(I)cc34)(CC1)CC2. The van der Waals surface area contributed by atoms with Gasteiger partial charge in [0.15, 0.2) is 0 Å². The number of halogens is 2. The Balaban J connectivity index is 1.51. The van der Waals surface area contributed by atoms with E-state index in [4.69, 9.17) is 21.3 Å². The first-order chi connectivity index (χ1) is 16.9. The van der Waals surface area contributed by atoms with E-state index in [9.17, 15) is 9.59 Å². The second-order valence-electron chi connectivity index (χ2n) is 9.77. The van der Waals surface area contributed by atoms with E-state index in [1.807, 2.05) is 55.5 Å². The largest absolute Gasteiger partial charge is 0.466 e. The van der Waals surface area contributed by atoms with E-state index in [0.29, 0.717) is 22.9 Å². The van der Waals surface area contributed by atoms with E-state index in [-0.39, 0.29) is 17.4 Å². The number of aromatic nitrogens is 1. The minimum Gasteiger partial charge on any atom is -0.466 e. The number of hydrogen-bond acceptors (Lipinski definition) is 4. The van der Waals surface area contributed by atoms with Crippen LogP contribution in [0.4, 0.5) is 0 Å². The summed E-state index contributed by atoms with van der Waals surface area (Å²) in [6, 6.07) is 15.6. The van der Waals surface area contributed by atoms with Gasteiger partial charge in [0.05, 0.1) is 33.8 Å².